The summed E-state index contributed by atoms with van der Waals surface area (Å²) < 4.78 is 0. The van der Waals surface area contributed by atoms with E-state index in [4.69, 9.17) is 16.7 Å². The lowest BCUT2D eigenvalue weighted by Crippen LogP contribution is -2.11. The Kier molecular flexibility index (Phi) is 2.07. The summed E-state index contributed by atoms with van der Waals surface area (Å²) >= 11 is 5.69. The van der Waals surface area contributed by atoms with Crippen LogP contribution < -0.4 is 0 Å². The molecule has 1 aliphatic rings. The fraction of sp³-hybridized carbons (Fsp3) is 0.750. The minimum atomic E-state index is -0.00656. The average Bonchev–Trinajstić information content (AvgIpc) is 2.63. The van der Waals surface area contributed by atoms with Gasteiger partial charge in [0.2, 0.25) is 0 Å². The number of halogens is 1. The molecular formula is C8H13ClO. The highest BCUT2D eigenvalue weighted by Gasteiger charge is 2.53. The van der Waals surface area contributed by atoms with E-state index in [1.165, 1.54) is 0 Å². The van der Waals surface area contributed by atoms with Gasteiger partial charge in [0.05, 0.1) is 6.61 Å². The van der Waals surface area contributed by atoms with Gasteiger partial charge in [0.25, 0.3) is 0 Å². The van der Waals surface area contributed by atoms with Crippen LogP contribution in [0.2, 0.25) is 0 Å². The molecule has 0 aromatic carbocycles. The minimum absolute atomic E-state index is 0.00656. The smallest absolute Gasteiger partial charge is 0.0504 e. The molecule has 0 bridgehead atoms. The van der Waals surface area contributed by atoms with Crippen LogP contribution in [0.5, 0.6) is 0 Å². The first-order chi connectivity index (χ1) is 4.66. The van der Waals surface area contributed by atoms with Crippen LogP contribution in [0, 0.1) is 11.3 Å². The second-order valence-corrected chi connectivity index (χ2v) is 3.52. The van der Waals surface area contributed by atoms with Crippen LogP contribution in [0.4, 0.5) is 0 Å². The first kappa shape index (κ1) is 8.09. The van der Waals surface area contributed by atoms with E-state index in [0.717, 1.165) is 12.0 Å². The highest BCUT2D eigenvalue weighted by Crippen LogP contribution is 2.56. The molecule has 1 N–H and O–H groups in total. The standard InChI is InChI=1S/C8H13ClO/c1-6(2)7-3-8(7,4-9)5-10/h7,10H,1,3-5H2,2H3. The Morgan fingerprint density at radius 1 is 1.90 bits per heavy atom. The van der Waals surface area contributed by atoms with E-state index in [-0.39, 0.29) is 12.0 Å². The van der Waals surface area contributed by atoms with E-state index in [9.17, 15) is 0 Å². The van der Waals surface area contributed by atoms with E-state index in [1.54, 1.807) is 0 Å². The zero-order chi connectivity index (χ0) is 7.78. The van der Waals surface area contributed by atoms with E-state index in [1.807, 2.05) is 6.92 Å². The predicted octanol–water partition coefficient (Wildman–Crippen LogP) is 1.80. The molecule has 1 rings (SSSR count). The van der Waals surface area contributed by atoms with E-state index in [0.29, 0.717) is 11.8 Å². The Morgan fingerprint density at radius 2 is 2.50 bits per heavy atom. The number of aliphatic hydroxyl groups is 1. The molecule has 2 heteroatoms. The number of alkyl halides is 1. The number of hydrogen-bond donors (Lipinski definition) is 1. The molecule has 0 aromatic heterocycles. The van der Waals surface area contributed by atoms with Crippen molar-refractivity contribution in [3.05, 3.63) is 12.2 Å². The van der Waals surface area contributed by atoms with Gasteiger partial charge in [0.1, 0.15) is 0 Å². The Balaban J connectivity index is 2.53. The lowest BCUT2D eigenvalue weighted by molar-refractivity contribution is 0.218. The maximum atomic E-state index is 8.95. The van der Waals surface area contributed by atoms with Gasteiger partial charge in [-0.2, -0.15) is 0 Å². The summed E-state index contributed by atoms with van der Waals surface area (Å²) in [5, 5.41) is 8.95. The molecule has 58 valence electrons. The summed E-state index contributed by atoms with van der Waals surface area (Å²) in [5.74, 6) is 1.02. The molecule has 1 saturated carbocycles. The van der Waals surface area contributed by atoms with Crippen LogP contribution in [-0.4, -0.2) is 17.6 Å². The zero-order valence-electron chi connectivity index (χ0n) is 6.23. The van der Waals surface area contributed by atoms with Crippen LogP contribution in [0.1, 0.15) is 13.3 Å². The van der Waals surface area contributed by atoms with Crippen LogP contribution >= 0.6 is 11.6 Å². The van der Waals surface area contributed by atoms with E-state index < -0.39 is 0 Å². The summed E-state index contributed by atoms with van der Waals surface area (Å²) in [5.41, 5.74) is 1.14. The van der Waals surface area contributed by atoms with Gasteiger partial charge in [0.15, 0.2) is 0 Å². The van der Waals surface area contributed by atoms with Gasteiger partial charge >= 0.3 is 0 Å². The van der Waals surface area contributed by atoms with Crippen molar-refractivity contribution in [1.29, 1.82) is 0 Å². The van der Waals surface area contributed by atoms with E-state index in [2.05, 4.69) is 6.58 Å². The Bertz CT molecular complexity index is 149. The van der Waals surface area contributed by atoms with Crippen molar-refractivity contribution in [3.8, 4) is 0 Å². The van der Waals surface area contributed by atoms with Crippen LogP contribution in [-0.2, 0) is 0 Å². The lowest BCUT2D eigenvalue weighted by atomic mass is 10.0. The molecule has 0 radical (unpaired) electrons. The van der Waals surface area contributed by atoms with Crippen molar-refractivity contribution in [2.75, 3.05) is 12.5 Å². The molecule has 0 amide bonds. The third-order valence-corrected chi connectivity index (χ3v) is 2.90. The van der Waals surface area contributed by atoms with Crippen LogP contribution in [0.15, 0.2) is 12.2 Å². The molecule has 0 spiro atoms. The Labute approximate surface area is 66.7 Å². The topological polar surface area (TPSA) is 20.2 Å². The maximum absolute atomic E-state index is 8.95. The van der Waals surface area contributed by atoms with Gasteiger partial charge in [-0.15, -0.1) is 11.6 Å². The molecule has 2 unspecified atom stereocenters. The van der Waals surface area contributed by atoms with Crippen molar-refractivity contribution < 1.29 is 5.11 Å². The van der Waals surface area contributed by atoms with Crippen molar-refractivity contribution in [1.82, 2.24) is 0 Å². The Hall–Kier alpha value is -0.0100. The fourth-order valence-electron chi connectivity index (χ4n) is 1.41. The monoisotopic (exact) mass is 160 g/mol. The largest absolute Gasteiger partial charge is 0.396 e. The zero-order valence-corrected chi connectivity index (χ0v) is 6.99. The minimum Gasteiger partial charge on any atom is -0.396 e. The van der Waals surface area contributed by atoms with Gasteiger partial charge in [-0.25, -0.2) is 0 Å². The quantitative estimate of drug-likeness (QED) is 0.493. The highest BCUT2D eigenvalue weighted by molar-refractivity contribution is 6.18. The number of rotatable bonds is 3. The summed E-state index contributed by atoms with van der Waals surface area (Å²) in [6.45, 7) is 6.04. The highest BCUT2D eigenvalue weighted by atomic mass is 35.5. The SMILES string of the molecule is C=C(C)C1CC1(CO)CCl. The molecule has 0 heterocycles. The molecule has 0 saturated heterocycles. The second kappa shape index (κ2) is 2.55. The van der Waals surface area contributed by atoms with Crippen molar-refractivity contribution in [2.45, 2.75) is 13.3 Å². The van der Waals surface area contributed by atoms with Gasteiger partial charge in [-0.05, 0) is 19.3 Å². The summed E-state index contributed by atoms with van der Waals surface area (Å²) in [7, 11) is 0. The molecular weight excluding hydrogens is 148 g/mol. The second-order valence-electron chi connectivity index (χ2n) is 3.26. The maximum Gasteiger partial charge on any atom is 0.0504 e. The van der Waals surface area contributed by atoms with Gasteiger partial charge in [-0.3, -0.25) is 0 Å². The first-order valence-electron chi connectivity index (χ1n) is 3.48. The molecule has 0 aromatic rings. The first-order valence-corrected chi connectivity index (χ1v) is 4.02. The van der Waals surface area contributed by atoms with Gasteiger partial charge < -0.3 is 5.11 Å². The summed E-state index contributed by atoms with van der Waals surface area (Å²) in [6, 6.07) is 0. The van der Waals surface area contributed by atoms with Crippen LogP contribution in [0.25, 0.3) is 0 Å². The molecule has 10 heavy (non-hydrogen) atoms. The van der Waals surface area contributed by atoms with Crippen molar-refractivity contribution in [3.63, 3.8) is 0 Å². The number of aliphatic hydroxyl groups excluding tert-OH is 1. The summed E-state index contributed by atoms with van der Waals surface area (Å²) in [4.78, 5) is 0. The van der Waals surface area contributed by atoms with Gasteiger partial charge in [0, 0.05) is 11.3 Å². The third-order valence-electron chi connectivity index (χ3n) is 2.37. The number of hydrogen-bond acceptors (Lipinski definition) is 1. The van der Waals surface area contributed by atoms with E-state index >= 15 is 0 Å². The fourth-order valence-corrected chi connectivity index (χ4v) is 1.79. The number of allylic oxidation sites excluding steroid dienone is 1. The third kappa shape index (κ3) is 1.08. The normalized spacial score (nSPS) is 37.7. The summed E-state index contributed by atoms with van der Waals surface area (Å²) in [6.07, 6.45) is 1.02. The lowest BCUT2D eigenvalue weighted by Gasteiger charge is -2.08. The molecule has 1 fully saturated rings. The Morgan fingerprint density at radius 3 is 2.60 bits per heavy atom. The van der Waals surface area contributed by atoms with Crippen molar-refractivity contribution in [2.24, 2.45) is 11.3 Å². The van der Waals surface area contributed by atoms with Crippen LogP contribution in [0.3, 0.4) is 0 Å². The van der Waals surface area contributed by atoms with Gasteiger partial charge in [-0.1, -0.05) is 12.2 Å². The molecule has 0 aliphatic heterocycles. The van der Waals surface area contributed by atoms with Crippen molar-refractivity contribution >= 4 is 11.6 Å². The molecule has 1 aliphatic carbocycles. The average molecular weight is 161 g/mol. The predicted molar refractivity (Wildman–Crippen MR) is 43.2 cm³/mol. The molecule has 1 nitrogen and oxygen atoms in total. The molecule has 2 atom stereocenters.